The van der Waals surface area contributed by atoms with Crippen molar-refractivity contribution < 1.29 is 18.9 Å². The zero-order valence-corrected chi connectivity index (χ0v) is 16.9. The fraction of sp³-hybridized carbons (Fsp3) is 0.364. The largest absolute Gasteiger partial charge is 0.497 e. The van der Waals surface area contributed by atoms with Gasteiger partial charge in [0, 0.05) is 54.9 Å². The number of nitrogens with one attached hydrogen (secondary N) is 1. The van der Waals surface area contributed by atoms with Gasteiger partial charge in [-0.3, -0.25) is 0 Å². The Morgan fingerprint density at radius 3 is 2.48 bits per heavy atom. The van der Waals surface area contributed by atoms with E-state index in [4.69, 9.17) is 23.9 Å². The van der Waals surface area contributed by atoms with Gasteiger partial charge in [0.05, 0.1) is 32.2 Å². The molecule has 1 aliphatic heterocycles. The van der Waals surface area contributed by atoms with Crippen LogP contribution in [0.4, 0.5) is 5.69 Å². The second-order valence-corrected chi connectivity index (χ2v) is 6.90. The summed E-state index contributed by atoms with van der Waals surface area (Å²) in [6, 6.07) is 9.96. The fourth-order valence-electron chi connectivity index (χ4n) is 3.52. The summed E-state index contributed by atoms with van der Waals surface area (Å²) in [6.07, 6.45) is 3.71. The number of hydrogen-bond acceptors (Lipinski definition) is 7. The van der Waals surface area contributed by atoms with Crippen molar-refractivity contribution in [1.29, 1.82) is 0 Å². The Balaban J connectivity index is 1.77. The van der Waals surface area contributed by atoms with Gasteiger partial charge in [-0.25, -0.2) is 9.97 Å². The molecule has 0 radical (unpaired) electrons. The number of aromatic nitrogens is 2. The number of anilines is 1. The lowest BCUT2D eigenvalue weighted by Gasteiger charge is -2.25. The first-order valence-corrected chi connectivity index (χ1v) is 9.63. The third-order valence-electron chi connectivity index (χ3n) is 5.14. The standard InChI is InChI=1S/C22H25N3O4/c1-26-15-4-5-17(19(10-15)24-14-6-8-29-9-7-14)22-23-13-18-20(25-22)11-16(27-2)12-21(18)28-3/h4-5,10-14,24H,6-9H2,1-3H3. The van der Waals surface area contributed by atoms with Crippen LogP contribution < -0.4 is 19.5 Å². The van der Waals surface area contributed by atoms with Crippen molar-refractivity contribution in [1.82, 2.24) is 9.97 Å². The Morgan fingerprint density at radius 1 is 0.966 bits per heavy atom. The van der Waals surface area contributed by atoms with Gasteiger partial charge in [-0.05, 0) is 25.0 Å². The molecule has 2 heterocycles. The van der Waals surface area contributed by atoms with Crippen LogP contribution in [0, 0.1) is 0 Å². The van der Waals surface area contributed by atoms with Crippen LogP contribution in [0.3, 0.4) is 0 Å². The molecule has 1 aromatic heterocycles. The summed E-state index contributed by atoms with van der Waals surface area (Å²) in [5, 5.41) is 4.46. The van der Waals surface area contributed by atoms with Crippen LogP contribution >= 0.6 is 0 Å². The number of nitrogens with zero attached hydrogens (tertiary/aromatic N) is 2. The van der Waals surface area contributed by atoms with Crippen molar-refractivity contribution in [2.24, 2.45) is 0 Å². The molecule has 0 unspecified atom stereocenters. The van der Waals surface area contributed by atoms with E-state index in [0.717, 1.165) is 54.0 Å². The van der Waals surface area contributed by atoms with Gasteiger partial charge in [0.25, 0.3) is 0 Å². The molecule has 1 N–H and O–H groups in total. The van der Waals surface area contributed by atoms with Crippen molar-refractivity contribution in [2.45, 2.75) is 18.9 Å². The lowest BCUT2D eigenvalue weighted by atomic mass is 10.1. The number of fused-ring (bicyclic) bond motifs is 1. The number of rotatable bonds is 6. The van der Waals surface area contributed by atoms with Crippen molar-refractivity contribution in [2.75, 3.05) is 39.9 Å². The van der Waals surface area contributed by atoms with Gasteiger partial charge in [-0.2, -0.15) is 0 Å². The molecular formula is C22H25N3O4. The summed E-state index contributed by atoms with van der Waals surface area (Å²) in [7, 11) is 4.92. The molecule has 7 nitrogen and oxygen atoms in total. The summed E-state index contributed by atoms with van der Waals surface area (Å²) in [5.74, 6) is 2.79. The SMILES string of the molecule is COc1ccc(-c2ncc3c(OC)cc(OC)cc3n2)c(NC2CCOCC2)c1. The van der Waals surface area contributed by atoms with Crippen LogP contribution in [0.1, 0.15) is 12.8 Å². The van der Waals surface area contributed by atoms with Crippen molar-refractivity contribution in [3.8, 4) is 28.6 Å². The monoisotopic (exact) mass is 395 g/mol. The molecule has 1 fully saturated rings. The van der Waals surface area contributed by atoms with Gasteiger partial charge < -0.3 is 24.3 Å². The maximum Gasteiger partial charge on any atom is 0.161 e. The highest BCUT2D eigenvalue weighted by molar-refractivity contribution is 5.88. The van der Waals surface area contributed by atoms with Crippen LogP contribution in [-0.2, 0) is 4.74 Å². The van der Waals surface area contributed by atoms with Gasteiger partial charge in [0.15, 0.2) is 5.82 Å². The Labute approximate surface area is 170 Å². The van der Waals surface area contributed by atoms with Gasteiger partial charge in [0.2, 0.25) is 0 Å². The molecule has 3 aromatic rings. The second-order valence-electron chi connectivity index (χ2n) is 6.90. The summed E-state index contributed by atoms with van der Waals surface area (Å²) < 4.78 is 21.8. The topological polar surface area (TPSA) is 74.7 Å². The second kappa shape index (κ2) is 8.53. The van der Waals surface area contributed by atoms with Crippen LogP contribution in [0.5, 0.6) is 17.2 Å². The normalized spacial score (nSPS) is 14.6. The predicted octanol–water partition coefficient (Wildman–Crippen LogP) is 3.91. The molecule has 0 aliphatic carbocycles. The molecule has 0 spiro atoms. The minimum Gasteiger partial charge on any atom is -0.497 e. The minimum atomic E-state index is 0.343. The summed E-state index contributed by atoms with van der Waals surface area (Å²) in [6.45, 7) is 1.53. The van der Waals surface area contributed by atoms with E-state index in [2.05, 4.69) is 10.3 Å². The third kappa shape index (κ3) is 4.05. The first-order valence-electron chi connectivity index (χ1n) is 9.63. The molecule has 152 valence electrons. The Kier molecular flexibility index (Phi) is 5.67. The van der Waals surface area contributed by atoms with Crippen molar-refractivity contribution in [3.63, 3.8) is 0 Å². The average Bonchev–Trinajstić information content (AvgIpc) is 2.78. The van der Waals surface area contributed by atoms with Crippen LogP contribution in [0.2, 0.25) is 0 Å². The molecule has 29 heavy (non-hydrogen) atoms. The van der Waals surface area contributed by atoms with Crippen LogP contribution in [0.15, 0.2) is 36.5 Å². The third-order valence-corrected chi connectivity index (χ3v) is 5.14. The molecular weight excluding hydrogens is 370 g/mol. The van der Waals surface area contributed by atoms with Crippen LogP contribution in [-0.4, -0.2) is 50.6 Å². The molecule has 0 amide bonds. The smallest absolute Gasteiger partial charge is 0.161 e. The highest BCUT2D eigenvalue weighted by Crippen LogP contribution is 2.34. The molecule has 1 aliphatic rings. The summed E-state index contributed by atoms with van der Waals surface area (Å²) in [5.41, 5.74) is 2.63. The van der Waals surface area contributed by atoms with E-state index in [-0.39, 0.29) is 0 Å². The molecule has 4 rings (SSSR count). The van der Waals surface area contributed by atoms with E-state index < -0.39 is 0 Å². The van der Waals surface area contributed by atoms with Crippen LogP contribution in [0.25, 0.3) is 22.3 Å². The quantitative estimate of drug-likeness (QED) is 0.678. The minimum absolute atomic E-state index is 0.343. The zero-order valence-electron chi connectivity index (χ0n) is 16.9. The molecule has 0 atom stereocenters. The molecule has 2 aromatic carbocycles. The van der Waals surface area contributed by atoms with E-state index in [1.807, 2.05) is 30.3 Å². The van der Waals surface area contributed by atoms with Gasteiger partial charge >= 0.3 is 0 Å². The lowest BCUT2D eigenvalue weighted by Crippen LogP contribution is -2.28. The number of benzene rings is 2. The number of methoxy groups -OCH3 is 3. The van der Waals surface area contributed by atoms with Gasteiger partial charge in [-0.1, -0.05) is 0 Å². The molecule has 7 heteroatoms. The molecule has 0 saturated carbocycles. The fourth-order valence-corrected chi connectivity index (χ4v) is 3.52. The van der Waals surface area contributed by atoms with E-state index >= 15 is 0 Å². The van der Waals surface area contributed by atoms with E-state index in [9.17, 15) is 0 Å². The Bertz CT molecular complexity index is 1000. The van der Waals surface area contributed by atoms with E-state index in [1.165, 1.54) is 0 Å². The Morgan fingerprint density at radius 2 is 1.76 bits per heavy atom. The number of ether oxygens (including phenoxy) is 4. The molecule has 0 bridgehead atoms. The molecule has 1 saturated heterocycles. The summed E-state index contributed by atoms with van der Waals surface area (Å²) in [4.78, 5) is 9.41. The maximum atomic E-state index is 5.48. The maximum absolute atomic E-state index is 5.48. The first kappa shape index (κ1) is 19.3. The van der Waals surface area contributed by atoms with Crippen molar-refractivity contribution in [3.05, 3.63) is 36.5 Å². The van der Waals surface area contributed by atoms with Gasteiger partial charge in [-0.15, -0.1) is 0 Å². The van der Waals surface area contributed by atoms with Gasteiger partial charge in [0.1, 0.15) is 17.2 Å². The Hall–Kier alpha value is -3.06. The first-order chi connectivity index (χ1) is 14.2. The average molecular weight is 395 g/mol. The van der Waals surface area contributed by atoms with E-state index in [0.29, 0.717) is 23.4 Å². The predicted molar refractivity (Wildman–Crippen MR) is 112 cm³/mol. The highest BCUT2D eigenvalue weighted by Gasteiger charge is 2.18. The van der Waals surface area contributed by atoms with Crippen molar-refractivity contribution >= 4 is 16.6 Å². The summed E-state index contributed by atoms with van der Waals surface area (Å²) >= 11 is 0. The highest BCUT2D eigenvalue weighted by atomic mass is 16.5. The zero-order chi connectivity index (χ0) is 20.2. The van der Waals surface area contributed by atoms with E-state index in [1.54, 1.807) is 27.5 Å². The number of hydrogen-bond donors (Lipinski definition) is 1. The lowest BCUT2D eigenvalue weighted by molar-refractivity contribution is 0.0904.